The van der Waals surface area contributed by atoms with E-state index in [1.165, 1.54) is 12.3 Å². The Hall–Kier alpha value is -3.07. The Bertz CT molecular complexity index is 1400. The maximum Gasteiger partial charge on any atom is 0.309 e. The van der Waals surface area contributed by atoms with Gasteiger partial charge in [0, 0.05) is 34.4 Å². The van der Waals surface area contributed by atoms with Crippen molar-refractivity contribution < 1.29 is 28.2 Å². The molecule has 1 amide bonds. The van der Waals surface area contributed by atoms with Crippen LogP contribution in [0.25, 0.3) is 11.3 Å². The molecule has 208 valence electrons. The van der Waals surface area contributed by atoms with Gasteiger partial charge >= 0.3 is 5.97 Å². The molecule has 1 heterocycles. The highest BCUT2D eigenvalue weighted by Gasteiger charge is 2.42. The van der Waals surface area contributed by atoms with Gasteiger partial charge in [0.15, 0.2) is 0 Å². The molecule has 0 fully saturated rings. The van der Waals surface area contributed by atoms with Crippen molar-refractivity contribution in [3.05, 3.63) is 81.5 Å². The predicted octanol–water partition coefficient (Wildman–Crippen LogP) is 7.29. The van der Waals surface area contributed by atoms with Crippen molar-refractivity contribution in [1.82, 2.24) is 4.98 Å². The second kappa shape index (κ2) is 11.2. The Morgan fingerprint density at radius 2 is 1.59 bits per heavy atom. The third kappa shape index (κ3) is 6.93. The quantitative estimate of drug-likeness (QED) is 0.300. The van der Waals surface area contributed by atoms with Crippen molar-refractivity contribution >= 4 is 40.8 Å². The van der Waals surface area contributed by atoms with Crippen molar-refractivity contribution in [2.75, 3.05) is 5.32 Å². The number of halogens is 4. The van der Waals surface area contributed by atoms with E-state index in [9.17, 15) is 19.1 Å². The summed E-state index contributed by atoms with van der Waals surface area (Å²) in [5.41, 5.74) is -4.51. The summed E-state index contributed by atoms with van der Waals surface area (Å²) in [4.78, 5) is 30.6. The van der Waals surface area contributed by atoms with Crippen molar-refractivity contribution in [2.24, 2.45) is 5.41 Å². The Labute approximate surface area is 236 Å². The van der Waals surface area contributed by atoms with Crippen molar-refractivity contribution in [3.63, 3.8) is 0 Å². The summed E-state index contributed by atoms with van der Waals surface area (Å²) >= 11 is 12.9. The van der Waals surface area contributed by atoms with Crippen molar-refractivity contribution in [2.45, 2.75) is 59.2 Å². The average molecular weight is 579 g/mol. The van der Waals surface area contributed by atoms with E-state index >= 15 is 4.39 Å². The highest BCUT2D eigenvalue weighted by molar-refractivity contribution is 6.39. The third-order valence-corrected chi connectivity index (χ3v) is 6.34. The second-order valence-electron chi connectivity index (χ2n) is 11.1. The van der Waals surface area contributed by atoms with Gasteiger partial charge in [-0.05, 0) is 51.1 Å². The number of carbonyl (C=O) groups excluding carboxylic acids is 2. The first kappa shape index (κ1) is 30.5. The van der Waals surface area contributed by atoms with Crippen LogP contribution in [0.15, 0.2) is 48.7 Å². The van der Waals surface area contributed by atoms with Gasteiger partial charge in [0.1, 0.15) is 22.8 Å². The van der Waals surface area contributed by atoms with Gasteiger partial charge < -0.3 is 15.2 Å². The zero-order chi connectivity index (χ0) is 29.3. The number of amides is 1. The summed E-state index contributed by atoms with van der Waals surface area (Å²) in [7, 11) is 0. The third-order valence-electron chi connectivity index (χ3n) is 5.71. The van der Waals surface area contributed by atoms with Gasteiger partial charge in [-0.3, -0.25) is 14.6 Å². The molecule has 3 aromatic rings. The molecule has 1 aromatic heterocycles. The number of nitrogens with one attached hydrogen (secondary N) is 1. The van der Waals surface area contributed by atoms with Crippen LogP contribution in [0.4, 0.5) is 14.5 Å². The SMILES string of the molecule is CC(C)(C)OC(=O)CC(O)(c1ccc(F)cc1F)c1ccnc(-c2c(Cl)cccc2Cl)c1NC(=O)C(C)(C)C. The molecule has 1 unspecified atom stereocenters. The van der Waals surface area contributed by atoms with E-state index in [1.54, 1.807) is 59.7 Å². The minimum Gasteiger partial charge on any atom is -0.460 e. The first-order valence-corrected chi connectivity index (χ1v) is 12.8. The Morgan fingerprint density at radius 3 is 2.13 bits per heavy atom. The molecule has 0 saturated carbocycles. The van der Waals surface area contributed by atoms with Crippen LogP contribution in [0, 0.1) is 17.0 Å². The number of aromatic nitrogens is 1. The number of benzene rings is 2. The minimum absolute atomic E-state index is 0.0535. The number of anilines is 1. The second-order valence-corrected chi connectivity index (χ2v) is 11.9. The first-order valence-electron chi connectivity index (χ1n) is 12.1. The van der Waals surface area contributed by atoms with Crippen LogP contribution in [0.5, 0.6) is 0 Å². The van der Waals surface area contributed by atoms with E-state index < -0.39 is 52.1 Å². The minimum atomic E-state index is -2.44. The van der Waals surface area contributed by atoms with Gasteiger partial charge in [-0.25, -0.2) is 8.78 Å². The number of hydrogen-bond donors (Lipinski definition) is 2. The average Bonchev–Trinajstić information content (AvgIpc) is 2.77. The number of ether oxygens (including phenoxy) is 1. The molecule has 10 heteroatoms. The fourth-order valence-electron chi connectivity index (χ4n) is 3.89. The van der Waals surface area contributed by atoms with Crippen LogP contribution in [0.3, 0.4) is 0 Å². The van der Waals surface area contributed by atoms with E-state index in [0.29, 0.717) is 6.07 Å². The van der Waals surface area contributed by atoms with Gasteiger partial charge in [0.2, 0.25) is 5.91 Å². The molecular formula is C29H30Cl2F2N2O4. The van der Waals surface area contributed by atoms with E-state index in [2.05, 4.69) is 10.3 Å². The molecule has 0 saturated heterocycles. The summed E-state index contributed by atoms with van der Waals surface area (Å²) in [5, 5.41) is 15.4. The fraction of sp³-hybridized carbons (Fsp3) is 0.345. The van der Waals surface area contributed by atoms with Gasteiger partial charge in [-0.15, -0.1) is 0 Å². The molecular weight excluding hydrogens is 549 g/mol. The molecule has 0 aliphatic carbocycles. The Balaban J connectivity index is 2.40. The molecule has 2 aromatic carbocycles. The Morgan fingerprint density at radius 1 is 0.974 bits per heavy atom. The fourth-order valence-corrected chi connectivity index (χ4v) is 4.47. The number of rotatable bonds is 6. The van der Waals surface area contributed by atoms with Gasteiger partial charge in [0.05, 0.1) is 27.8 Å². The number of esters is 1. The molecule has 2 N–H and O–H groups in total. The van der Waals surface area contributed by atoms with Crippen LogP contribution in [0.1, 0.15) is 59.1 Å². The standard InChI is InChI=1S/C29H30Cl2F2N2O4/c1-27(2,3)26(37)35-24-18(12-13-34-25(24)23-19(30)8-7-9-20(23)31)29(38,15-22(36)39-28(4,5)6)17-11-10-16(32)14-21(17)33/h7-14,38H,15H2,1-6H3,(H,35,37). The number of aliphatic hydroxyl groups is 1. The van der Waals surface area contributed by atoms with E-state index in [0.717, 1.165) is 12.1 Å². The number of pyridine rings is 1. The lowest BCUT2D eigenvalue weighted by atomic mass is 9.81. The molecule has 1 atom stereocenters. The molecule has 39 heavy (non-hydrogen) atoms. The zero-order valence-corrected chi connectivity index (χ0v) is 24.0. The van der Waals surface area contributed by atoms with Crippen LogP contribution in [-0.2, 0) is 19.9 Å². The molecule has 0 radical (unpaired) electrons. The normalized spacial score (nSPS) is 13.5. The smallest absolute Gasteiger partial charge is 0.309 e. The van der Waals surface area contributed by atoms with Gasteiger partial charge in [0.25, 0.3) is 0 Å². The van der Waals surface area contributed by atoms with Crippen LogP contribution in [0.2, 0.25) is 10.0 Å². The summed E-state index contributed by atoms with van der Waals surface area (Å²) in [6.45, 7) is 9.94. The van der Waals surface area contributed by atoms with Crippen LogP contribution >= 0.6 is 23.2 Å². The zero-order valence-electron chi connectivity index (χ0n) is 22.5. The van der Waals surface area contributed by atoms with Crippen molar-refractivity contribution in [1.29, 1.82) is 0 Å². The molecule has 0 aliphatic rings. The molecule has 0 bridgehead atoms. The maximum absolute atomic E-state index is 15.3. The topological polar surface area (TPSA) is 88.5 Å². The number of hydrogen-bond acceptors (Lipinski definition) is 5. The van der Waals surface area contributed by atoms with Gasteiger partial charge in [-0.1, -0.05) is 50.0 Å². The van der Waals surface area contributed by atoms with Gasteiger partial charge in [-0.2, -0.15) is 0 Å². The lowest BCUT2D eigenvalue weighted by Gasteiger charge is -2.33. The van der Waals surface area contributed by atoms with Crippen LogP contribution < -0.4 is 5.32 Å². The van der Waals surface area contributed by atoms with E-state index in [-0.39, 0.29) is 32.6 Å². The predicted molar refractivity (Wildman–Crippen MR) is 148 cm³/mol. The summed E-state index contributed by atoms with van der Waals surface area (Å²) < 4.78 is 34.6. The highest BCUT2D eigenvalue weighted by atomic mass is 35.5. The summed E-state index contributed by atoms with van der Waals surface area (Å²) in [5.74, 6) is -3.32. The van der Waals surface area contributed by atoms with Crippen molar-refractivity contribution in [3.8, 4) is 11.3 Å². The molecule has 0 aliphatic heterocycles. The lowest BCUT2D eigenvalue weighted by Crippen LogP contribution is -2.37. The lowest BCUT2D eigenvalue weighted by molar-refractivity contribution is -0.159. The highest BCUT2D eigenvalue weighted by Crippen LogP contribution is 2.45. The van der Waals surface area contributed by atoms with E-state index in [4.69, 9.17) is 27.9 Å². The molecule has 0 spiro atoms. The number of carbonyl (C=O) groups is 2. The summed E-state index contributed by atoms with van der Waals surface area (Å²) in [6, 6.07) is 8.68. The van der Waals surface area contributed by atoms with E-state index in [1.807, 2.05) is 0 Å². The Kier molecular flexibility index (Phi) is 8.75. The largest absolute Gasteiger partial charge is 0.460 e. The monoisotopic (exact) mass is 578 g/mol. The molecule has 3 rings (SSSR count). The number of nitrogens with zero attached hydrogens (tertiary/aromatic N) is 1. The van der Waals surface area contributed by atoms with Crippen LogP contribution in [-0.4, -0.2) is 27.6 Å². The summed E-state index contributed by atoms with van der Waals surface area (Å²) in [6.07, 6.45) is 0.531. The first-order chi connectivity index (χ1) is 17.9. The molecule has 6 nitrogen and oxygen atoms in total. The maximum atomic E-state index is 15.3.